The van der Waals surface area contributed by atoms with Crippen molar-refractivity contribution in [2.45, 2.75) is 6.92 Å². The van der Waals surface area contributed by atoms with Crippen molar-refractivity contribution in [3.63, 3.8) is 0 Å². The number of pyridine rings is 1. The number of ether oxygens (including phenoxy) is 1. The van der Waals surface area contributed by atoms with Crippen LogP contribution in [0.25, 0.3) is 0 Å². The van der Waals surface area contributed by atoms with Gasteiger partial charge in [0.15, 0.2) is 11.6 Å². The molecule has 0 spiro atoms. The number of hydrogen-bond donors (Lipinski definition) is 2. The van der Waals surface area contributed by atoms with E-state index in [9.17, 15) is 9.18 Å². The average Bonchev–Trinajstić information content (AvgIpc) is 2.44. The molecule has 3 N–H and O–H groups in total. The lowest BCUT2D eigenvalue weighted by molar-refractivity contribution is 0.102. The van der Waals surface area contributed by atoms with Crippen molar-refractivity contribution in [1.29, 1.82) is 0 Å². The van der Waals surface area contributed by atoms with E-state index in [-0.39, 0.29) is 22.2 Å². The second-order valence-corrected chi connectivity index (χ2v) is 4.50. The van der Waals surface area contributed by atoms with Gasteiger partial charge in [0.05, 0.1) is 24.1 Å². The van der Waals surface area contributed by atoms with Gasteiger partial charge < -0.3 is 15.8 Å². The highest BCUT2D eigenvalue weighted by molar-refractivity contribution is 6.33. The van der Waals surface area contributed by atoms with Crippen molar-refractivity contribution in [3.05, 3.63) is 47.0 Å². The molecule has 2 aromatic rings. The molecule has 0 aliphatic rings. The Morgan fingerprint density at radius 2 is 2.24 bits per heavy atom. The van der Waals surface area contributed by atoms with Crippen LogP contribution >= 0.6 is 11.6 Å². The SMILES string of the molecule is CCOc1ccc(NC(=O)c2cc(N)cnc2Cl)cc1F. The molecule has 0 unspecified atom stereocenters. The van der Waals surface area contributed by atoms with Crippen molar-refractivity contribution in [3.8, 4) is 5.75 Å². The van der Waals surface area contributed by atoms with Gasteiger partial charge in [-0.3, -0.25) is 4.79 Å². The summed E-state index contributed by atoms with van der Waals surface area (Å²) in [6.45, 7) is 2.11. The summed E-state index contributed by atoms with van der Waals surface area (Å²) in [6, 6.07) is 5.53. The number of nitrogens with zero attached hydrogens (tertiary/aromatic N) is 1. The summed E-state index contributed by atoms with van der Waals surface area (Å²) in [6.07, 6.45) is 1.34. The highest BCUT2D eigenvalue weighted by Crippen LogP contribution is 2.23. The Hall–Kier alpha value is -2.34. The zero-order valence-electron chi connectivity index (χ0n) is 11.2. The van der Waals surface area contributed by atoms with E-state index in [4.69, 9.17) is 22.1 Å². The first-order valence-corrected chi connectivity index (χ1v) is 6.53. The molecule has 0 saturated carbocycles. The quantitative estimate of drug-likeness (QED) is 0.851. The van der Waals surface area contributed by atoms with Crippen molar-refractivity contribution in [2.24, 2.45) is 0 Å². The van der Waals surface area contributed by atoms with Crippen molar-refractivity contribution in [2.75, 3.05) is 17.7 Å². The first-order valence-electron chi connectivity index (χ1n) is 6.16. The highest BCUT2D eigenvalue weighted by atomic mass is 35.5. The molecule has 0 saturated heterocycles. The molecule has 2 rings (SSSR count). The van der Waals surface area contributed by atoms with Gasteiger partial charge in [-0.2, -0.15) is 0 Å². The van der Waals surface area contributed by atoms with Crippen LogP contribution in [0.3, 0.4) is 0 Å². The molecule has 0 fully saturated rings. The molecular formula is C14H13ClFN3O2. The summed E-state index contributed by atoms with van der Waals surface area (Å²) in [5.41, 5.74) is 6.26. The number of hydrogen-bond acceptors (Lipinski definition) is 4. The third-order valence-electron chi connectivity index (χ3n) is 2.59. The number of benzene rings is 1. The highest BCUT2D eigenvalue weighted by Gasteiger charge is 2.13. The molecule has 0 bridgehead atoms. The Morgan fingerprint density at radius 3 is 2.90 bits per heavy atom. The number of nitrogens with two attached hydrogens (primary N) is 1. The minimum Gasteiger partial charge on any atom is -0.491 e. The molecule has 0 atom stereocenters. The Morgan fingerprint density at radius 1 is 1.48 bits per heavy atom. The summed E-state index contributed by atoms with van der Waals surface area (Å²) in [5, 5.41) is 2.54. The Balaban J connectivity index is 2.19. The van der Waals surface area contributed by atoms with Gasteiger partial charge in [-0.05, 0) is 25.1 Å². The van der Waals surface area contributed by atoms with Crippen molar-refractivity contribution < 1.29 is 13.9 Å². The zero-order chi connectivity index (χ0) is 15.4. The van der Waals surface area contributed by atoms with Gasteiger partial charge in [0.1, 0.15) is 5.15 Å². The van der Waals surface area contributed by atoms with Gasteiger partial charge >= 0.3 is 0 Å². The van der Waals surface area contributed by atoms with E-state index >= 15 is 0 Å². The largest absolute Gasteiger partial charge is 0.491 e. The van der Waals surface area contributed by atoms with Gasteiger partial charge in [0.25, 0.3) is 5.91 Å². The lowest BCUT2D eigenvalue weighted by Crippen LogP contribution is -2.13. The molecule has 0 aliphatic heterocycles. The predicted molar refractivity (Wildman–Crippen MR) is 79.2 cm³/mol. The molecular weight excluding hydrogens is 297 g/mol. The van der Waals surface area contributed by atoms with Crippen LogP contribution in [0.1, 0.15) is 17.3 Å². The molecule has 21 heavy (non-hydrogen) atoms. The predicted octanol–water partition coefficient (Wildman–Crippen LogP) is 3.11. The second-order valence-electron chi connectivity index (χ2n) is 4.14. The smallest absolute Gasteiger partial charge is 0.258 e. The van der Waals surface area contributed by atoms with E-state index in [0.29, 0.717) is 12.3 Å². The fraction of sp³-hybridized carbons (Fsp3) is 0.143. The number of rotatable bonds is 4. The molecule has 1 aromatic heterocycles. The topological polar surface area (TPSA) is 77.2 Å². The summed E-state index contributed by atoms with van der Waals surface area (Å²) in [7, 11) is 0. The molecule has 110 valence electrons. The standard InChI is InChI=1S/C14H13ClFN3O2/c1-2-21-12-4-3-9(6-11(12)16)19-14(20)10-5-8(17)7-18-13(10)15/h3-7H,2,17H2,1H3,(H,19,20). The lowest BCUT2D eigenvalue weighted by atomic mass is 10.2. The van der Waals surface area contributed by atoms with E-state index in [1.54, 1.807) is 6.92 Å². The van der Waals surface area contributed by atoms with Crippen LogP contribution in [0.15, 0.2) is 30.5 Å². The first kappa shape index (κ1) is 15.1. The average molecular weight is 310 g/mol. The van der Waals surface area contributed by atoms with Crippen molar-refractivity contribution >= 4 is 28.9 Å². The van der Waals surface area contributed by atoms with Crippen LogP contribution in [0.5, 0.6) is 5.75 Å². The number of carbonyl (C=O) groups excluding carboxylic acids is 1. The van der Waals surface area contributed by atoms with E-state index in [2.05, 4.69) is 10.3 Å². The van der Waals surface area contributed by atoms with Crippen LogP contribution in [-0.2, 0) is 0 Å². The maximum atomic E-state index is 13.7. The first-order chi connectivity index (χ1) is 10.0. The Bertz CT molecular complexity index is 679. The van der Waals surface area contributed by atoms with Gasteiger partial charge in [-0.25, -0.2) is 9.37 Å². The Labute approximate surface area is 125 Å². The zero-order valence-corrected chi connectivity index (χ0v) is 11.9. The summed E-state index contributed by atoms with van der Waals surface area (Å²) >= 11 is 5.83. The molecule has 1 heterocycles. The normalized spacial score (nSPS) is 10.2. The van der Waals surface area contributed by atoms with E-state index in [1.165, 1.54) is 24.4 Å². The Kier molecular flexibility index (Phi) is 4.59. The maximum Gasteiger partial charge on any atom is 0.258 e. The summed E-state index contributed by atoms with van der Waals surface area (Å²) in [5.74, 6) is -0.964. The summed E-state index contributed by atoms with van der Waals surface area (Å²) in [4.78, 5) is 15.8. The number of aromatic nitrogens is 1. The number of anilines is 2. The summed E-state index contributed by atoms with van der Waals surface area (Å²) < 4.78 is 18.8. The van der Waals surface area contributed by atoms with Gasteiger partial charge in [0.2, 0.25) is 0 Å². The fourth-order valence-electron chi connectivity index (χ4n) is 1.67. The molecule has 1 aromatic carbocycles. The minimum atomic E-state index is -0.563. The van der Waals surface area contributed by atoms with Crippen molar-refractivity contribution in [1.82, 2.24) is 4.98 Å². The number of amides is 1. The monoisotopic (exact) mass is 309 g/mol. The van der Waals surface area contributed by atoms with E-state index in [1.807, 2.05) is 0 Å². The molecule has 0 radical (unpaired) electrons. The lowest BCUT2D eigenvalue weighted by Gasteiger charge is -2.09. The number of halogens is 2. The molecule has 5 nitrogen and oxygen atoms in total. The number of carbonyl (C=O) groups is 1. The number of nitrogen functional groups attached to an aromatic ring is 1. The third-order valence-corrected chi connectivity index (χ3v) is 2.90. The van der Waals surface area contributed by atoms with Gasteiger partial charge in [-0.15, -0.1) is 0 Å². The van der Waals surface area contributed by atoms with Crippen LogP contribution in [0, 0.1) is 5.82 Å². The van der Waals surface area contributed by atoms with Crippen LogP contribution in [0.4, 0.5) is 15.8 Å². The van der Waals surface area contributed by atoms with E-state index < -0.39 is 11.7 Å². The number of nitrogens with one attached hydrogen (secondary N) is 1. The van der Waals surface area contributed by atoms with Crippen LogP contribution < -0.4 is 15.8 Å². The van der Waals surface area contributed by atoms with E-state index in [0.717, 1.165) is 6.07 Å². The van der Waals surface area contributed by atoms with Gasteiger partial charge in [0, 0.05) is 11.8 Å². The maximum absolute atomic E-state index is 13.7. The van der Waals surface area contributed by atoms with Gasteiger partial charge in [-0.1, -0.05) is 11.6 Å². The molecule has 7 heteroatoms. The second kappa shape index (κ2) is 6.41. The molecule has 1 amide bonds. The minimum absolute atomic E-state index is 0.0214. The molecule has 0 aliphatic carbocycles. The fourth-order valence-corrected chi connectivity index (χ4v) is 1.86. The van der Waals surface area contributed by atoms with Crippen LogP contribution in [0.2, 0.25) is 5.15 Å². The van der Waals surface area contributed by atoms with Crippen LogP contribution in [-0.4, -0.2) is 17.5 Å². The third kappa shape index (κ3) is 3.61.